The van der Waals surface area contributed by atoms with Crippen molar-refractivity contribution in [3.63, 3.8) is 0 Å². The summed E-state index contributed by atoms with van der Waals surface area (Å²) >= 11 is 4.08. The lowest BCUT2D eigenvalue weighted by molar-refractivity contribution is -0.113. The van der Waals surface area contributed by atoms with E-state index in [-0.39, 0.29) is 11.7 Å². The number of rotatable bonds is 4. The lowest BCUT2D eigenvalue weighted by Gasteiger charge is -2.17. The fourth-order valence-corrected chi connectivity index (χ4v) is 5.34. The number of anilines is 2. The van der Waals surface area contributed by atoms with Crippen molar-refractivity contribution < 1.29 is 4.79 Å². The summed E-state index contributed by atoms with van der Waals surface area (Å²) < 4.78 is 0.664. The van der Waals surface area contributed by atoms with Crippen LogP contribution < -0.4 is 11.1 Å². The Hall–Kier alpha value is -1.63. The van der Waals surface area contributed by atoms with Gasteiger partial charge in [-0.2, -0.15) is 5.26 Å². The number of nitrogens with one attached hydrogen (secondary N) is 1. The number of amides is 1. The fourth-order valence-electron chi connectivity index (χ4n) is 2.53. The van der Waals surface area contributed by atoms with Crippen molar-refractivity contribution in [2.24, 2.45) is 5.92 Å². The van der Waals surface area contributed by atoms with Crippen LogP contribution in [0.2, 0.25) is 0 Å². The fraction of sp³-hybridized carbons (Fsp3) is 0.429. The molecule has 23 heavy (non-hydrogen) atoms. The molecule has 6 nitrogen and oxygen atoms in total. The molecule has 0 saturated carbocycles. The van der Waals surface area contributed by atoms with Gasteiger partial charge >= 0.3 is 0 Å². The minimum atomic E-state index is -0.146. The Morgan fingerprint density at radius 1 is 1.52 bits per heavy atom. The first-order valence-corrected chi connectivity index (χ1v) is 9.75. The van der Waals surface area contributed by atoms with Crippen LogP contribution in [0.1, 0.15) is 29.3 Å². The van der Waals surface area contributed by atoms with Crippen molar-refractivity contribution in [1.29, 1.82) is 5.26 Å². The van der Waals surface area contributed by atoms with Gasteiger partial charge in [-0.05, 0) is 30.7 Å². The molecular weight excluding hydrogens is 350 g/mol. The Labute approximate surface area is 146 Å². The van der Waals surface area contributed by atoms with Crippen LogP contribution in [0.5, 0.6) is 0 Å². The molecule has 3 N–H and O–H groups in total. The van der Waals surface area contributed by atoms with Gasteiger partial charge in [0.2, 0.25) is 11.0 Å². The summed E-state index contributed by atoms with van der Waals surface area (Å²) in [5, 5.41) is 20.9. The predicted octanol–water partition coefficient (Wildman–Crippen LogP) is 2.91. The number of nitrogens with zero attached hydrogens (tertiary/aromatic N) is 3. The van der Waals surface area contributed by atoms with Crippen molar-refractivity contribution in [2.45, 2.75) is 30.5 Å². The van der Waals surface area contributed by atoms with Gasteiger partial charge in [-0.15, -0.1) is 21.5 Å². The van der Waals surface area contributed by atoms with E-state index in [9.17, 15) is 10.1 Å². The van der Waals surface area contributed by atoms with E-state index in [4.69, 9.17) is 5.73 Å². The molecule has 3 rings (SSSR count). The monoisotopic (exact) mass is 365 g/mol. The zero-order valence-electron chi connectivity index (χ0n) is 12.5. The van der Waals surface area contributed by atoms with Gasteiger partial charge in [-0.3, -0.25) is 4.79 Å². The van der Waals surface area contributed by atoms with E-state index < -0.39 is 0 Å². The smallest absolute Gasteiger partial charge is 0.235 e. The molecule has 0 saturated heterocycles. The number of thiophene rings is 1. The molecule has 0 radical (unpaired) electrons. The summed E-state index contributed by atoms with van der Waals surface area (Å²) in [7, 11) is 0. The largest absolute Gasteiger partial charge is 0.374 e. The molecular formula is C14H15N5OS3. The van der Waals surface area contributed by atoms with Gasteiger partial charge in [0.15, 0.2) is 4.34 Å². The van der Waals surface area contributed by atoms with Crippen molar-refractivity contribution in [3.8, 4) is 6.07 Å². The number of hydrogen-bond acceptors (Lipinski definition) is 8. The van der Waals surface area contributed by atoms with Crippen LogP contribution in [0.25, 0.3) is 0 Å². The molecule has 1 aliphatic rings. The van der Waals surface area contributed by atoms with E-state index in [1.807, 2.05) is 0 Å². The zero-order chi connectivity index (χ0) is 16.4. The zero-order valence-corrected chi connectivity index (χ0v) is 14.9. The van der Waals surface area contributed by atoms with Crippen molar-refractivity contribution >= 4 is 50.5 Å². The molecule has 0 aliphatic heterocycles. The molecule has 2 heterocycles. The second-order valence-electron chi connectivity index (χ2n) is 5.41. The van der Waals surface area contributed by atoms with Crippen LogP contribution in [0.4, 0.5) is 10.1 Å². The maximum Gasteiger partial charge on any atom is 0.235 e. The van der Waals surface area contributed by atoms with Gasteiger partial charge in [-0.25, -0.2) is 0 Å². The predicted molar refractivity (Wildman–Crippen MR) is 93.9 cm³/mol. The molecule has 0 fully saturated rings. The van der Waals surface area contributed by atoms with Gasteiger partial charge in [0.25, 0.3) is 0 Å². The average Bonchev–Trinajstić information content (AvgIpc) is 3.07. The number of nitriles is 1. The molecule has 2 aromatic rings. The Kier molecular flexibility index (Phi) is 4.84. The highest BCUT2D eigenvalue weighted by Crippen LogP contribution is 2.39. The van der Waals surface area contributed by atoms with E-state index in [0.717, 1.165) is 24.8 Å². The maximum atomic E-state index is 12.1. The molecule has 2 aromatic heterocycles. The van der Waals surface area contributed by atoms with Crippen LogP contribution in [0.15, 0.2) is 4.34 Å². The average molecular weight is 366 g/mol. The first-order valence-electron chi connectivity index (χ1n) is 7.13. The van der Waals surface area contributed by atoms with Crippen LogP contribution in [0, 0.1) is 17.2 Å². The molecule has 1 amide bonds. The number of fused-ring (bicyclic) bond motifs is 1. The molecule has 1 aliphatic carbocycles. The molecule has 0 spiro atoms. The quantitative estimate of drug-likeness (QED) is 0.807. The van der Waals surface area contributed by atoms with Gasteiger partial charge in [0, 0.05) is 4.88 Å². The summed E-state index contributed by atoms with van der Waals surface area (Å²) in [5.41, 5.74) is 7.27. The van der Waals surface area contributed by atoms with Crippen LogP contribution in [0.3, 0.4) is 0 Å². The molecule has 120 valence electrons. The maximum absolute atomic E-state index is 12.1. The third-order valence-corrected chi connectivity index (χ3v) is 6.68. The van der Waals surface area contributed by atoms with Gasteiger partial charge in [-0.1, -0.05) is 30.0 Å². The van der Waals surface area contributed by atoms with Gasteiger partial charge < -0.3 is 11.1 Å². The van der Waals surface area contributed by atoms with Gasteiger partial charge in [0.1, 0.15) is 11.1 Å². The van der Waals surface area contributed by atoms with Crippen molar-refractivity contribution in [3.05, 3.63) is 16.0 Å². The molecule has 9 heteroatoms. The Morgan fingerprint density at radius 3 is 3.04 bits per heavy atom. The van der Waals surface area contributed by atoms with Crippen LogP contribution in [-0.4, -0.2) is 21.9 Å². The highest BCUT2D eigenvalue weighted by molar-refractivity contribution is 8.01. The normalized spacial score (nSPS) is 16.6. The standard InChI is InChI=1S/C14H15N5OS3/c1-7-2-3-8-9(5-15)12(22-10(8)4-7)17-11(20)6-21-14-19-18-13(16)23-14/h7H,2-4,6H2,1H3,(H2,16,18)(H,17,20)/t7-/m1/s1. The third-order valence-electron chi connectivity index (χ3n) is 3.63. The second kappa shape index (κ2) is 6.86. The van der Waals surface area contributed by atoms with E-state index in [1.165, 1.54) is 39.3 Å². The topological polar surface area (TPSA) is 105 Å². The van der Waals surface area contributed by atoms with Crippen LogP contribution >= 0.6 is 34.4 Å². The van der Waals surface area contributed by atoms with Crippen LogP contribution in [-0.2, 0) is 17.6 Å². The highest BCUT2D eigenvalue weighted by Gasteiger charge is 2.24. The number of aromatic nitrogens is 2. The third kappa shape index (κ3) is 3.65. The van der Waals surface area contributed by atoms with Gasteiger partial charge in [0.05, 0.1) is 11.3 Å². The second-order valence-corrected chi connectivity index (χ2v) is 8.75. The summed E-state index contributed by atoms with van der Waals surface area (Å²) in [4.78, 5) is 13.4. The summed E-state index contributed by atoms with van der Waals surface area (Å²) in [6.07, 6.45) is 3.01. The number of hydrogen-bond donors (Lipinski definition) is 2. The minimum absolute atomic E-state index is 0.146. The SMILES string of the molecule is C[C@@H]1CCc2c(sc(NC(=O)CSc3nnc(N)s3)c2C#N)C1. The molecule has 0 unspecified atom stereocenters. The summed E-state index contributed by atoms with van der Waals surface area (Å²) in [5.74, 6) is 0.708. The number of carbonyl (C=O) groups is 1. The van der Waals surface area contributed by atoms with E-state index in [0.29, 0.717) is 26.0 Å². The highest BCUT2D eigenvalue weighted by atomic mass is 32.2. The Morgan fingerprint density at radius 2 is 2.35 bits per heavy atom. The number of nitrogen functional groups attached to an aromatic ring is 1. The minimum Gasteiger partial charge on any atom is -0.374 e. The Bertz CT molecular complexity index is 776. The molecule has 0 bridgehead atoms. The number of carbonyl (C=O) groups excluding carboxylic acids is 1. The van der Waals surface area contributed by atoms with Crippen molar-refractivity contribution in [1.82, 2.24) is 10.2 Å². The van der Waals surface area contributed by atoms with Crippen molar-refractivity contribution in [2.75, 3.05) is 16.8 Å². The first-order chi connectivity index (χ1) is 11.1. The number of thioether (sulfide) groups is 1. The van der Waals surface area contributed by atoms with E-state index in [1.54, 1.807) is 0 Å². The summed E-state index contributed by atoms with van der Waals surface area (Å²) in [6, 6.07) is 2.25. The lowest BCUT2D eigenvalue weighted by Crippen LogP contribution is -2.14. The molecule has 1 atom stereocenters. The Balaban J connectivity index is 1.67. The van der Waals surface area contributed by atoms with E-state index >= 15 is 0 Å². The van der Waals surface area contributed by atoms with E-state index in [2.05, 4.69) is 28.5 Å². The first kappa shape index (κ1) is 16.2. The molecule has 0 aromatic carbocycles. The lowest BCUT2D eigenvalue weighted by atomic mass is 9.89. The summed E-state index contributed by atoms with van der Waals surface area (Å²) in [6.45, 7) is 2.22. The number of nitrogens with two attached hydrogens (primary N) is 1.